The van der Waals surface area contributed by atoms with Crippen molar-refractivity contribution in [2.24, 2.45) is 5.92 Å². The molecule has 0 unspecified atom stereocenters. The fourth-order valence-corrected chi connectivity index (χ4v) is 2.98. The third-order valence-electron chi connectivity index (χ3n) is 4.54. The number of nitro benzene ring substituents is 1. The van der Waals surface area contributed by atoms with E-state index in [9.17, 15) is 28.9 Å². The maximum absolute atomic E-state index is 13.3. The van der Waals surface area contributed by atoms with Gasteiger partial charge in [0.15, 0.2) is 0 Å². The van der Waals surface area contributed by atoms with Crippen molar-refractivity contribution in [2.75, 3.05) is 25.0 Å². The second-order valence-corrected chi connectivity index (χ2v) is 8.20. The molecule has 1 heterocycles. The average Bonchev–Trinajstić information content (AvgIpc) is 2.66. The molecule has 4 amide bonds. The first kappa shape index (κ1) is 23.0. The highest BCUT2D eigenvalue weighted by atomic mass is 19.1. The highest BCUT2D eigenvalue weighted by molar-refractivity contribution is 6.39. The zero-order valence-electron chi connectivity index (χ0n) is 17.2. The summed E-state index contributed by atoms with van der Waals surface area (Å²) in [5.74, 6) is -2.81. The quantitative estimate of drug-likeness (QED) is 0.387. The summed E-state index contributed by atoms with van der Waals surface area (Å²) < 4.78 is 13.3. The van der Waals surface area contributed by atoms with Crippen LogP contribution >= 0.6 is 0 Å². The Balaban J connectivity index is 1.78. The summed E-state index contributed by atoms with van der Waals surface area (Å²) in [7, 11) is 0. The molecule has 0 radical (unpaired) electrons. The third-order valence-corrected chi connectivity index (χ3v) is 4.54. The van der Waals surface area contributed by atoms with Crippen molar-refractivity contribution in [3.05, 3.63) is 34.1 Å². The Bertz CT molecular complexity index is 831. The number of rotatable bonds is 4. The predicted molar refractivity (Wildman–Crippen MR) is 107 cm³/mol. The van der Waals surface area contributed by atoms with E-state index in [0.29, 0.717) is 25.9 Å². The predicted octanol–water partition coefficient (Wildman–Crippen LogP) is 2.01. The van der Waals surface area contributed by atoms with E-state index in [0.717, 1.165) is 18.2 Å². The zero-order valence-corrected chi connectivity index (χ0v) is 17.2. The van der Waals surface area contributed by atoms with Crippen LogP contribution in [0, 0.1) is 21.8 Å². The lowest BCUT2D eigenvalue weighted by Crippen LogP contribution is -2.51. The molecule has 11 heteroatoms. The molecular formula is C19H26FN5O5. The number of halogens is 1. The summed E-state index contributed by atoms with van der Waals surface area (Å²) in [5, 5.41) is 18.4. The van der Waals surface area contributed by atoms with Crippen molar-refractivity contribution in [3.8, 4) is 0 Å². The molecule has 10 nitrogen and oxygen atoms in total. The molecule has 1 aliphatic heterocycles. The van der Waals surface area contributed by atoms with Gasteiger partial charge in [0.1, 0.15) is 0 Å². The van der Waals surface area contributed by atoms with Crippen LogP contribution in [0.4, 0.5) is 20.6 Å². The van der Waals surface area contributed by atoms with Gasteiger partial charge in [0.05, 0.1) is 4.92 Å². The van der Waals surface area contributed by atoms with E-state index < -0.39 is 28.2 Å². The molecule has 0 saturated carbocycles. The molecule has 1 aromatic carbocycles. The molecule has 3 N–H and O–H groups in total. The van der Waals surface area contributed by atoms with Gasteiger partial charge in [0, 0.05) is 36.9 Å². The Hall–Kier alpha value is -3.24. The minimum absolute atomic E-state index is 0.0542. The molecular weight excluding hydrogens is 397 g/mol. The van der Waals surface area contributed by atoms with Gasteiger partial charge in [0.25, 0.3) is 0 Å². The van der Waals surface area contributed by atoms with Gasteiger partial charge in [-0.3, -0.25) is 19.7 Å². The second-order valence-electron chi connectivity index (χ2n) is 8.20. The molecule has 0 atom stereocenters. The Morgan fingerprint density at radius 2 is 1.83 bits per heavy atom. The van der Waals surface area contributed by atoms with E-state index in [2.05, 4.69) is 16.0 Å². The molecule has 1 aliphatic rings. The summed E-state index contributed by atoms with van der Waals surface area (Å²) in [4.78, 5) is 47.7. The van der Waals surface area contributed by atoms with Crippen LogP contribution in [-0.4, -0.2) is 52.8 Å². The maximum Gasteiger partial charge on any atom is 0.317 e. The van der Waals surface area contributed by atoms with Crippen LogP contribution in [0.15, 0.2) is 18.2 Å². The molecule has 0 bridgehead atoms. The first-order chi connectivity index (χ1) is 14.0. The molecule has 1 fully saturated rings. The van der Waals surface area contributed by atoms with Gasteiger partial charge in [-0.15, -0.1) is 0 Å². The zero-order chi connectivity index (χ0) is 22.5. The minimum atomic E-state index is -1.04. The SMILES string of the molecule is CC(C)(C)NC(=O)N1CCC(CNC(=O)C(=O)Nc2ccc(F)c([N+](=O)[O-])c2)CC1. The van der Waals surface area contributed by atoms with Gasteiger partial charge in [-0.25, -0.2) is 4.79 Å². The Morgan fingerprint density at radius 3 is 2.40 bits per heavy atom. The monoisotopic (exact) mass is 423 g/mol. The summed E-state index contributed by atoms with van der Waals surface area (Å²) in [6.45, 7) is 7.08. The van der Waals surface area contributed by atoms with Crippen molar-refractivity contribution < 1.29 is 23.7 Å². The van der Waals surface area contributed by atoms with Gasteiger partial charge in [-0.05, 0) is 51.7 Å². The standard InChI is InChI=1S/C19H26FN5O5/c1-19(2,3)23-18(28)24-8-6-12(7-9-24)11-21-16(26)17(27)22-13-4-5-14(20)15(10-13)25(29)30/h4-5,10,12H,6-9,11H2,1-3H3,(H,21,26)(H,22,27)(H,23,28). The lowest BCUT2D eigenvalue weighted by Gasteiger charge is -2.34. The second kappa shape index (κ2) is 9.51. The third kappa shape index (κ3) is 6.68. The van der Waals surface area contributed by atoms with Crippen molar-refractivity contribution in [3.63, 3.8) is 0 Å². The fourth-order valence-electron chi connectivity index (χ4n) is 2.98. The number of nitro groups is 1. The van der Waals surface area contributed by atoms with E-state index >= 15 is 0 Å². The average molecular weight is 423 g/mol. The number of amides is 4. The smallest absolute Gasteiger partial charge is 0.317 e. The number of hydrogen-bond donors (Lipinski definition) is 3. The lowest BCUT2D eigenvalue weighted by molar-refractivity contribution is -0.387. The topological polar surface area (TPSA) is 134 Å². The summed E-state index contributed by atoms with van der Waals surface area (Å²) in [6, 6.07) is 2.69. The lowest BCUT2D eigenvalue weighted by atomic mass is 9.97. The van der Waals surface area contributed by atoms with Gasteiger partial charge < -0.3 is 20.9 Å². The van der Waals surface area contributed by atoms with Crippen LogP contribution < -0.4 is 16.0 Å². The normalized spacial score (nSPS) is 14.7. The molecule has 2 rings (SSSR count). The summed E-state index contributed by atoms with van der Waals surface area (Å²) in [5.41, 5.74) is -1.17. The number of anilines is 1. The van der Waals surface area contributed by atoms with Crippen molar-refractivity contribution >= 4 is 29.2 Å². The van der Waals surface area contributed by atoms with Crippen molar-refractivity contribution in [1.29, 1.82) is 0 Å². The van der Waals surface area contributed by atoms with Crippen LogP contribution in [0.1, 0.15) is 33.6 Å². The van der Waals surface area contributed by atoms with E-state index in [1.807, 2.05) is 20.8 Å². The number of nitrogens with one attached hydrogen (secondary N) is 3. The van der Waals surface area contributed by atoms with Crippen LogP contribution in [0.2, 0.25) is 0 Å². The molecule has 1 saturated heterocycles. The first-order valence-corrected chi connectivity index (χ1v) is 9.56. The van der Waals surface area contributed by atoms with Gasteiger partial charge in [-0.2, -0.15) is 4.39 Å². The number of carbonyl (C=O) groups excluding carboxylic acids is 3. The first-order valence-electron chi connectivity index (χ1n) is 9.56. The van der Waals surface area contributed by atoms with Crippen molar-refractivity contribution in [1.82, 2.24) is 15.5 Å². The molecule has 0 spiro atoms. The fraction of sp³-hybridized carbons (Fsp3) is 0.526. The Labute approximate surface area is 173 Å². The van der Waals surface area contributed by atoms with Crippen molar-refractivity contribution in [2.45, 2.75) is 39.2 Å². The number of likely N-dealkylation sites (tertiary alicyclic amines) is 1. The number of carbonyl (C=O) groups is 3. The number of urea groups is 1. The van der Waals surface area contributed by atoms with Crippen LogP contribution in [0.5, 0.6) is 0 Å². The van der Waals surface area contributed by atoms with E-state index in [1.54, 1.807) is 4.90 Å². The molecule has 164 valence electrons. The van der Waals surface area contributed by atoms with Crippen LogP contribution in [0.3, 0.4) is 0 Å². The molecule has 1 aromatic rings. The summed E-state index contributed by atoms with van der Waals surface area (Å²) >= 11 is 0. The van der Waals surface area contributed by atoms with Gasteiger partial charge >= 0.3 is 23.5 Å². The molecule has 30 heavy (non-hydrogen) atoms. The largest absolute Gasteiger partial charge is 0.348 e. The van der Waals surface area contributed by atoms with E-state index in [1.165, 1.54) is 0 Å². The number of hydrogen-bond acceptors (Lipinski definition) is 5. The minimum Gasteiger partial charge on any atom is -0.348 e. The van der Waals surface area contributed by atoms with Crippen LogP contribution in [0.25, 0.3) is 0 Å². The highest BCUT2D eigenvalue weighted by Crippen LogP contribution is 2.21. The maximum atomic E-state index is 13.3. The Morgan fingerprint density at radius 1 is 1.20 bits per heavy atom. The van der Waals surface area contributed by atoms with Gasteiger partial charge in [-0.1, -0.05) is 0 Å². The Kier molecular flexibility index (Phi) is 7.30. The van der Waals surface area contributed by atoms with E-state index in [4.69, 9.17) is 0 Å². The summed E-state index contributed by atoms with van der Waals surface area (Å²) in [6.07, 6.45) is 1.37. The molecule has 0 aromatic heterocycles. The number of benzene rings is 1. The highest BCUT2D eigenvalue weighted by Gasteiger charge is 2.26. The number of piperidine rings is 1. The van der Waals surface area contributed by atoms with E-state index in [-0.39, 0.29) is 29.7 Å². The number of nitrogens with zero attached hydrogens (tertiary/aromatic N) is 2. The van der Waals surface area contributed by atoms with Gasteiger partial charge in [0.2, 0.25) is 5.82 Å². The van der Waals surface area contributed by atoms with Crippen LogP contribution in [-0.2, 0) is 9.59 Å². The molecule has 0 aliphatic carbocycles.